The summed E-state index contributed by atoms with van der Waals surface area (Å²) in [4.78, 5) is 0. The predicted molar refractivity (Wildman–Crippen MR) is 48.9 cm³/mol. The first-order valence-corrected chi connectivity index (χ1v) is 5.13. The third kappa shape index (κ3) is 1.27. The van der Waals surface area contributed by atoms with Crippen molar-refractivity contribution in [1.29, 1.82) is 0 Å². The minimum Gasteiger partial charge on any atom is -0.378 e. The standard InChI is InChI=1S/C10H19NO/c1-8(11)10(5-6-10)9-4-2-3-7-12-9/h8-9H,2-7,11H2,1H3. The highest BCUT2D eigenvalue weighted by atomic mass is 16.5. The molecule has 2 aliphatic rings. The maximum absolute atomic E-state index is 5.98. The van der Waals surface area contributed by atoms with Crippen molar-refractivity contribution in [3.05, 3.63) is 0 Å². The van der Waals surface area contributed by atoms with Crippen molar-refractivity contribution in [2.75, 3.05) is 6.61 Å². The number of nitrogens with two attached hydrogens (primary N) is 1. The molecule has 2 rings (SSSR count). The van der Waals surface area contributed by atoms with Gasteiger partial charge in [0.25, 0.3) is 0 Å². The Kier molecular flexibility index (Phi) is 2.13. The van der Waals surface area contributed by atoms with Gasteiger partial charge in [-0.15, -0.1) is 0 Å². The number of hydrogen-bond donors (Lipinski definition) is 1. The van der Waals surface area contributed by atoms with Crippen LogP contribution in [0.5, 0.6) is 0 Å². The van der Waals surface area contributed by atoms with Crippen molar-refractivity contribution in [2.45, 2.75) is 51.2 Å². The van der Waals surface area contributed by atoms with Gasteiger partial charge < -0.3 is 10.5 Å². The van der Waals surface area contributed by atoms with E-state index < -0.39 is 0 Å². The molecule has 12 heavy (non-hydrogen) atoms. The summed E-state index contributed by atoms with van der Waals surface area (Å²) in [5, 5.41) is 0. The summed E-state index contributed by atoms with van der Waals surface area (Å²) in [5.74, 6) is 0. The molecule has 1 aliphatic heterocycles. The minimum atomic E-state index is 0.320. The normalized spacial score (nSPS) is 36.0. The molecule has 0 amide bonds. The van der Waals surface area contributed by atoms with Crippen molar-refractivity contribution in [2.24, 2.45) is 11.1 Å². The first-order chi connectivity index (χ1) is 5.76. The monoisotopic (exact) mass is 169 g/mol. The summed E-state index contributed by atoms with van der Waals surface area (Å²) in [7, 11) is 0. The lowest BCUT2D eigenvalue weighted by Gasteiger charge is -2.33. The molecule has 0 aromatic carbocycles. The largest absolute Gasteiger partial charge is 0.378 e. The molecular weight excluding hydrogens is 150 g/mol. The molecule has 2 unspecified atom stereocenters. The summed E-state index contributed by atoms with van der Waals surface area (Å²) in [6.07, 6.45) is 6.86. The highest BCUT2D eigenvalue weighted by molar-refractivity contribution is 5.05. The number of hydrogen-bond acceptors (Lipinski definition) is 2. The molecule has 1 aliphatic carbocycles. The molecular formula is C10H19NO. The van der Waals surface area contributed by atoms with Gasteiger partial charge in [-0.05, 0) is 39.0 Å². The molecule has 0 aromatic rings. The fourth-order valence-corrected chi connectivity index (χ4v) is 2.41. The molecule has 2 fully saturated rings. The highest BCUT2D eigenvalue weighted by Crippen LogP contribution is 2.53. The second kappa shape index (κ2) is 3.00. The zero-order valence-corrected chi connectivity index (χ0v) is 7.88. The van der Waals surface area contributed by atoms with Crippen LogP contribution < -0.4 is 5.73 Å². The van der Waals surface area contributed by atoms with E-state index in [-0.39, 0.29) is 0 Å². The molecule has 70 valence electrons. The molecule has 0 spiro atoms. The summed E-state index contributed by atoms with van der Waals surface area (Å²) in [5.41, 5.74) is 6.36. The van der Waals surface area contributed by atoms with Crippen molar-refractivity contribution >= 4 is 0 Å². The number of rotatable bonds is 2. The molecule has 2 atom stereocenters. The van der Waals surface area contributed by atoms with Gasteiger partial charge in [0.1, 0.15) is 0 Å². The second-order valence-electron chi connectivity index (χ2n) is 4.38. The molecule has 0 radical (unpaired) electrons. The molecule has 1 saturated carbocycles. The van der Waals surface area contributed by atoms with Crippen molar-refractivity contribution < 1.29 is 4.74 Å². The van der Waals surface area contributed by atoms with Crippen LogP contribution in [-0.2, 0) is 4.74 Å². The van der Waals surface area contributed by atoms with Crippen LogP contribution in [0.25, 0.3) is 0 Å². The van der Waals surface area contributed by atoms with E-state index in [2.05, 4.69) is 6.92 Å². The first kappa shape index (κ1) is 8.52. The molecule has 1 heterocycles. The molecule has 0 aromatic heterocycles. The average molecular weight is 169 g/mol. The van der Waals surface area contributed by atoms with Gasteiger partial charge in [0.2, 0.25) is 0 Å². The fourth-order valence-electron chi connectivity index (χ4n) is 2.41. The molecule has 0 bridgehead atoms. The average Bonchev–Trinajstić information content (AvgIpc) is 2.86. The molecule has 2 N–H and O–H groups in total. The van der Waals surface area contributed by atoms with Gasteiger partial charge in [-0.1, -0.05) is 0 Å². The van der Waals surface area contributed by atoms with E-state index in [4.69, 9.17) is 10.5 Å². The van der Waals surface area contributed by atoms with E-state index in [9.17, 15) is 0 Å². The van der Waals surface area contributed by atoms with Gasteiger partial charge in [0, 0.05) is 18.1 Å². The first-order valence-electron chi connectivity index (χ1n) is 5.13. The fraction of sp³-hybridized carbons (Fsp3) is 1.00. The van der Waals surface area contributed by atoms with E-state index in [0.717, 1.165) is 6.61 Å². The number of ether oxygens (including phenoxy) is 1. The SMILES string of the molecule is CC(N)C1(C2CCCCO2)CC1. The van der Waals surface area contributed by atoms with Gasteiger partial charge in [-0.3, -0.25) is 0 Å². The zero-order valence-electron chi connectivity index (χ0n) is 7.88. The van der Waals surface area contributed by atoms with Crippen LogP contribution in [0, 0.1) is 5.41 Å². The maximum Gasteiger partial charge on any atom is 0.0646 e. The van der Waals surface area contributed by atoms with Crippen molar-refractivity contribution in [1.82, 2.24) is 0 Å². The topological polar surface area (TPSA) is 35.2 Å². The van der Waals surface area contributed by atoms with Gasteiger partial charge in [-0.25, -0.2) is 0 Å². The zero-order chi connectivity index (χ0) is 8.60. The van der Waals surface area contributed by atoms with Crippen LogP contribution in [0.1, 0.15) is 39.0 Å². The van der Waals surface area contributed by atoms with Crippen LogP contribution in [0.15, 0.2) is 0 Å². The van der Waals surface area contributed by atoms with Gasteiger partial charge in [0.05, 0.1) is 6.10 Å². The second-order valence-corrected chi connectivity index (χ2v) is 4.38. The molecule has 2 nitrogen and oxygen atoms in total. The summed E-state index contributed by atoms with van der Waals surface area (Å²) >= 11 is 0. The lowest BCUT2D eigenvalue weighted by Crippen LogP contribution is -2.40. The third-order valence-electron chi connectivity index (χ3n) is 3.56. The Bertz CT molecular complexity index is 157. The van der Waals surface area contributed by atoms with Crippen LogP contribution in [0.3, 0.4) is 0 Å². The minimum absolute atomic E-state index is 0.320. The van der Waals surface area contributed by atoms with E-state index in [1.807, 2.05) is 0 Å². The van der Waals surface area contributed by atoms with Crippen molar-refractivity contribution in [3.8, 4) is 0 Å². The lowest BCUT2D eigenvalue weighted by atomic mass is 9.87. The Morgan fingerprint density at radius 3 is 2.58 bits per heavy atom. The Morgan fingerprint density at radius 2 is 2.17 bits per heavy atom. The molecule has 1 saturated heterocycles. The highest BCUT2D eigenvalue weighted by Gasteiger charge is 2.52. The Labute approximate surface area is 74.5 Å². The predicted octanol–water partition coefficient (Wildman–Crippen LogP) is 1.68. The summed E-state index contributed by atoms with van der Waals surface area (Å²) in [6, 6.07) is 0.320. The maximum atomic E-state index is 5.98. The van der Waals surface area contributed by atoms with Crippen molar-refractivity contribution in [3.63, 3.8) is 0 Å². The smallest absolute Gasteiger partial charge is 0.0646 e. The lowest BCUT2D eigenvalue weighted by molar-refractivity contribution is -0.0365. The van der Waals surface area contributed by atoms with Crippen LogP contribution in [0.4, 0.5) is 0 Å². The van der Waals surface area contributed by atoms with Gasteiger partial charge in [0.15, 0.2) is 0 Å². The Morgan fingerprint density at radius 1 is 1.42 bits per heavy atom. The third-order valence-corrected chi connectivity index (χ3v) is 3.56. The van der Waals surface area contributed by atoms with E-state index in [1.165, 1.54) is 32.1 Å². The van der Waals surface area contributed by atoms with E-state index >= 15 is 0 Å². The van der Waals surface area contributed by atoms with E-state index in [0.29, 0.717) is 17.6 Å². The Hall–Kier alpha value is -0.0800. The summed E-state index contributed by atoms with van der Waals surface area (Å²) in [6.45, 7) is 3.09. The molecule has 2 heteroatoms. The Balaban J connectivity index is 1.97. The quantitative estimate of drug-likeness (QED) is 0.682. The summed E-state index contributed by atoms with van der Waals surface area (Å²) < 4.78 is 5.79. The van der Waals surface area contributed by atoms with Crippen LogP contribution >= 0.6 is 0 Å². The van der Waals surface area contributed by atoms with E-state index in [1.54, 1.807) is 0 Å². The van der Waals surface area contributed by atoms with Crippen LogP contribution in [-0.4, -0.2) is 18.8 Å². The van der Waals surface area contributed by atoms with Crippen LogP contribution in [0.2, 0.25) is 0 Å². The van der Waals surface area contributed by atoms with Gasteiger partial charge >= 0.3 is 0 Å². The van der Waals surface area contributed by atoms with Gasteiger partial charge in [-0.2, -0.15) is 0 Å².